The number of carboxylic acid groups (broad SMARTS) is 3. The molecule has 0 saturated carbocycles. The Morgan fingerprint density at radius 3 is 1.51 bits per heavy atom. The first kappa shape index (κ1) is 61.9. The topological polar surface area (TPSA) is 160 Å². The van der Waals surface area contributed by atoms with Crippen LogP contribution in [0.4, 0.5) is 11.4 Å². The molecule has 0 atom stereocenters. The minimum absolute atomic E-state index is 0.0143. The minimum Gasteiger partial charge on any atom is -0.480 e. The van der Waals surface area contributed by atoms with Crippen LogP contribution < -0.4 is 10.2 Å². The second-order valence-corrected chi connectivity index (χ2v) is 19.5. The first-order valence-corrected chi connectivity index (χ1v) is 26.1. The molecule has 4 N–H and O–H groups in total. The molecule has 0 aromatic heterocycles. The van der Waals surface area contributed by atoms with Crippen molar-refractivity contribution in [2.75, 3.05) is 90.0 Å². The molecule has 1 saturated heterocycles. The molecule has 14 nitrogen and oxygen atoms in total. The van der Waals surface area contributed by atoms with Gasteiger partial charge in [-0.15, -0.1) is 11.0 Å². The maximum Gasteiger partial charge on any atom is 0.317 e. The fourth-order valence-corrected chi connectivity index (χ4v) is 9.20. The Morgan fingerprint density at radius 1 is 0.580 bits per heavy atom. The van der Waals surface area contributed by atoms with E-state index in [1.54, 1.807) is 14.7 Å². The Balaban J connectivity index is 1.35. The average molecular weight is 1080 g/mol. The molecule has 81 heavy (non-hydrogen) atoms. The number of carboxylic acids is 3. The lowest BCUT2D eigenvalue weighted by Gasteiger charge is -2.32. The molecule has 0 spiro atoms. The summed E-state index contributed by atoms with van der Waals surface area (Å²) >= 11 is 0. The molecule has 1 amide bonds. The van der Waals surface area contributed by atoms with Gasteiger partial charge in [0.25, 0.3) is 0 Å². The van der Waals surface area contributed by atoms with Crippen molar-refractivity contribution in [3.8, 4) is 131 Å². The number of nitrogens with zero attached hydrogens (tertiary/aromatic N) is 6. The molecule has 0 unspecified atom stereocenters. The summed E-state index contributed by atoms with van der Waals surface area (Å²) in [6, 6.07) is 17.8. The molecule has 14 heteroatoms. The number of carbonyl (C=O) groups is 4. The fraction of sp³-hybridized carbons (Fsp3) is 0.328. The number of anilines is 1. The quantitative estimate of drug-likeness (QED) is 0.116. The van der Waals surface area contributed by atoms with E-state index in [1.807, 2.05) is 39.8 Å². The molecule has 0 bridgehead atoms. The van der Waals surface area contributed by atoms with E-state index in [2.05, 4.69) is 212 Å². The smallest absolute Gasteiger partial charge is 0.317 e. The van der Waals surface area contributed by atoms with Crippen molar-refractivity contribution in [2.24, 2.45) is 0 Å². The zero-order valence-electron chi connectivity index (χ0n) is 46.3. The molecule has 3 aliphatic heterocycles. The van der Waals surface area contributed by atoms with Gasteiger partial charge in [-0.2, -0.15) is 0 Å². The summed E-state index contributed by atoms with van der Waals surface area (Å²) < 4.78 is 1.92. The van der Waals surface area contributed by atoms with Crippen LogP contribution >= 0.6 is 0 Å². The summed E-state index contributed by atoms with van der Waals surface area (Å²) in [7, 11) is 0. The van der Waals surface area contributed by atoms with Crippen LogP contribution in [-0.2, 0) is 36.6 Å². The summed E-state index contributed by atoms with van der Waals surface area (Å²) in [6.45, 7) is 13.6. The van der Waals surface area contributed by atoms with Crippen molar-refractivity contribution in [1.82, 2.24) is 24.9 Å². The number of amides is 1. The first-order valence-electron chi connectivity index (χ1n) is 26.1. The average Bonchev–Trinajstić information content (AvgIpc) is 4.03. The normalized spacial score (nSPS) is 15.9. The van der Waals surface area contributed by atoms with E-state index in [0.717, 1.165) is 35.5 Å². The van der Waals surface area contributed by atoms with Gasteiger partial charge in [-0.05, 0) is 97.0 Å². The highest BCUT2D eigenvalue weighted by molar-refractivity contribution is 6.03. The van der Waals surface area contributed by atoms with Crippen molar-refractivity contribution >= 4 is 40.9 Å². The van der Waals surface area contributed by atoms with Gasteiger partial charge < -0.3 is 25.5 Å². The molecular weight excluding hydrogens is 1010 g/mol. The summed E-state index contributed by atoms with van der Waals surface area (Å²) in [5.74, 6) is 47.9. The van der Waals surface area contributed by atoms with Gasteiger partial charge in [-0.1, -0.05) is 63.3 Å². The van der Waals surface area contributed by atoms with Crippen LogP contribution in [0.25, 0.3) is 0 Å². The lowest BCUT2D eigenvalue weighted by Crippen LogP contribution is -2.49. The van der Waals surface area contributed by atoms with Crippen LogP contribution in [0.1, 0.15) is 57.7 Å². The van der Waals surface area contributed by atoms with Gasteiger partial charge in [0.15, 0.2) is 0 Å². The van der Waals surface area contributed by atoms with E-state index in [1.165, 1.54) is 16.9 Å². The van der Waals surface area contributed by atoms with Gasteiger partial charge in [0, 0.05) is 165 Å². The number of nitrogens with one attached hydrogen (secondary N) is 1. The Bertz CT molecular complexity index is 3570. The minimum atomic E-state index is -1.03. The highest BCUT2D eigenvalue weighted by Gasteiger charge is 2.45. The molecule has 3 heterocycles. The van der Waals surface area contributed by atoms with Crippen molar-refractivity contribution in [2.45, 2.75) is 58.4 Å². The summed E-state index contributed by atoms with van der Waals surface area (Å²) in [5, 5.41) is 31.8. The molecule has 0 aliphatic carbocycles. The van der Waals surface area contributed by atoms with E-state index in [9.17, 15) is 34.5 Å². The maximum absolute atomic E-state index is 13.7. The van der Waals surface area contributed by atoms with Crippen molar-refractivity contribution in [3.05, 3.63) is 95.2 Å². The molecule has 406 valence electrons. The standard InChI is InChI=1S/C67H61N7O7/c1-7-9-10-11-12-13-14-15-16-17-18-19-20-21-22-23-24-25-26-32-40-74-59-38-37-55(49-57(59)67(5,6)61(74)36-29-27-28-35-60-66(3,4)56-33-30-31-34-58(56)73(60)39-8-2)50-68-62(75)51-69-41-43-70(52-63(76)77)45-47-72(54-65(80)81)48-46-71(44-42-69)53-64(78)79/h1,27-31,33-38,49H,8,39,41-48,50-54H2,2-6H3,(H3-,68,75,76,77,78,79,80,81)/p+1. The number of allylic oxidation sites excluding steroid dienone is 6. The SMILES string of the molecule is C#CC#CC#CC#CC#CC#CC#CC#CC#CC#CC#C[N+]1=C(C=CC=CC=C2N(CCC)c3ccccc3C2(C)C)C(C)(C)c2cc(CNC(=O)CN3CCN(CC(=O)O)CCN(CC(=O)O)CCN(CC(=O)O)CC3)ccc21. The number of fused-ring (bicyclic) bond motifs is 2. The Labute approximate surface area is 477 Å². The molecular formula is C67H62N7O7+. The molecule has 5 rings (SSSR count). The van der Waals surface area contributed by atoms with E-state index >= 15 is 0 Å². The predicted octanol–water partition coefficient (Wildman–Crippen LogP) is 3.98. The number of benzene rings is 2. The van der Waals surface area contributed by atoms with Crippen LogP contribution in [0.5, 0.6) is 0 Å². The van der Waals surface area contributed by atoms with Crippen LogP contribution in [0.15, 0.2) is 78.5 Å². The first-order chi connectivity index (χ1) is 39.0. The van der Waals surface area contributed by atoms with Crippen LogP contribution in [0.3, 0.4) is 0 Å². The summed E-state index contributed by atoms with van der Waals surface area (Å²) in [6.07, 6.45) is 16.4. The molecule has 3 aliphatic rings. The van der Waals surface area contributed by atoms with E-state index in [4.69, 9.17) is 6.42 Å². The number of aliphatic carboxylic acids is 3. The van der Waals surface area contributed by atoms with Gasteiger partial charge in [0.1, 0.15) is 0 Å². The monoisotopic (exact) mass is 1080 g/mol. The number of hydrogen-bond acceptors (Lipinski definition) is 9. The predicted molar refractivity (Wildman–Crippen MR) is 315 cm³/mol. The summed E-state index contributed by atoms with van der Waals surface area (Å²) in [5.41, 5.74) is 6.65. The third-order valence-electron chi connectivity index (χ3n) is 13.1. The Hall–Kier alpha value is -9.99. The molecule has 2 aromatic carbocycles. The van der Waals surface area contributed by atoms with Gasteiger partial charge >= 0.3 is 17.9 Å². The van der Waals surface area contributed by atoms with Gasteiger partial charge in [0.05, 0.1) is 37.5 Å². The Morgan fingerprint density at radius 2 is 1.04 bits per heavy atom. The fourth-order valence-electron chi connectivity index (χ4n) is 9.20. The molecule has 0 radical (unpaired) electrons. The largest absolute Gasteiger partial charge is 0.480 e. The number of rotatable bonds is 15. The van der Waals surface area contributed by atoms with Crippen molar-refractivity contribution in [3.63, 3.8) is 0 Å². The van der Waals surface area contributed by atoms with Crippen molar-refractivity contribution in [1.29, 1.82) is 0 Å². The van der Waals surface area contributed by atoms with Gasteiger partial charge in [0.2, 0.25) is 23.4 Å². The number of terminal acetylenes is 1. The third-order valence-corrected chi connectivity index (χ3v) is 13.1. The maximum atomic E-state index is 13.7. The lowest BCUT2D eigenvalue weighted by molar-refractivity contribution is -0.332. The van der Waals surface area contributed by atoms with Gasteiger partial charge in [-0.25, -0.2) is 0 Å². The van der Waals surface area contributed by atoms with Crippen LogP contribution in [0.2, 0.25) is 0 Å². The van der Waals surface area contributed by atoms with Gasteiger partial charge in [-0.3, -0.25) is 38.8 Å². The third kappa shape index (κ3) is 19.8. The number of carbonyl (C=O) groups excluding carboxylic acids is 1. The molecule has 1 fully saturated rings. The second kappa shape index (κ2) is 32.0. The zero-order valence-corrected chi connectivity index (χ0v) is 46.3. The second-order valence-electron chi connectivity index (χ2n) is 19.5. The summed E-state index contributed by atoms with van der Waals surface area (Å²) in [4.78, 5) is 58.3. The van der Waals surface area contributed by atoms with E-state index in [0.29, 0.717) is 26.2 Å². The van der Waals surface area contributed by atoms with E-state index in [-0.39, 0.29) is 70.2 Å². The zero-order chi connectivity index (χ0) is 58.5. The lowest BCUT2D eigenvalue weighted by atomic mass is 9.81. The molecule has 2 aromatic rings. The van der Waals surface area contributed by atoms with Crippen LogP contribution in [-0.4, -0.2) is 154 Å². The highest BCUT2D eigenvalue weighted by atomic mass is 16.4. The van der Waals surface area contributed by atoms with Crippen molar-refractivity contribution < 1.29 is 39.1 Å². The van der Waals surface area contributed by atoms with E-state index < -0.39 is 23.3 Å². The number of para-hydroxylation sites is 1. The number of hydrogen-bond donors (Lipinski definition) is 4. The Kier molecular flexibility index (Phi) is 24.5. The highest BCUT2D eigenvalue weighted by Crippen LogP contribution is 2.47. The van der Waals surface area contributed by atoms with Crippen LogP contribution in [0, 0.1) is 131 Å².